The fourth-order valence-electron chi connectivity index (χ4n) is 2.24. The van der Waals surface area contributed by atoms with E-state index in [-0.39, 0.29) is 11.8 Å². The molecule has 0 amide bonds. The number of nitrogens with one attached hydrogen (secondary N) is 1. The number of hydrogen-bond acceptors (Lipinski definition) is 6. The van der Waals surface area contributed by atoms with E-state index < -0.39 is 62.0 Å². The number of rotatable bonds is 7. The largest absolute Gasteiger partial charge is 0.461 e. The maximum Gasteiger partial charge on any atom is 0.461 e. The van der Waals surface area contributed by atoms with Gasteiger partial charge in [-0.05, 0) is 24.3 Å². The molecule has 0 fully saturated rings. The number of nitrogens with zero attached hydrogens (tertiary/aromatic N) is 2. The molecule has 0 aliphatic carbocycles. The average Bonchev–Trinajstić information content (AvgIpc) is 2.61. The van der Waals surface area contributed by atoms with Crippen molar-refractivity contribution >= 4 is 34.4 Å². The van der Waals surface area contributed by atoms with Crippen molar-refractivity contribution in [3.63, 3.8) is 0 Å². The Bertz CT molecular complexity index is 1020. The van der Waals surface area contributed by atoms with Crippen LogP contribution in [0.3, 0.4) is 0 Å². The topological polar surface area (TPSA) is 108 Å². The Balaban J connectivity index is 2.54. The van der Waals surface area contributed by atoms with E-state index >= 15 is 0 Å². The molecule has 0 unspecified atom stereocenters. The predicted molar refractivity (Wildman–Crippen MR) is 91.1 cm³/mol. The van der Waals surface area contributed by atoms with Crippen LogP contribution in [0, 0.1) is 20.2 Å². The van der Waals surface area contributed by atoms with Gasteiger partial charge in [0.25, 0.3) is 5.69 Å². The Labute approximate surface area is 171 Å². The van der Waals surface area contributed by atoms with Crippen molar-refractivity contribution in [2.24, 2.45) is 0 Å². The molecule has 0 saturated heterocycles. The van der Waals surface area contributed by atoms with Crippen molar-refractivity contribution in [3.05, 3.63) is 61.1 Å². The highest BCUT2D eigenvalue weighted by molar-refractivity contribution is 6.35. The fourth-order valence-corrected chi connectivity index (χ4v) is 2.52. The molecule has 0 aromatic heterocycles. The molecule has 0 saturated carbocycles. The molecule has 0 radical (unpaired) electrons. The van der Waals surface area contributed by atoms with Crippen LogP contribution in [-0.4, -0.2) is 22.4 Å². The molecule has 8 nitrogen and oxygen atoms in total. The molecular formula is C15H7ClF7N3O5. The van der Waals surface area contributed by atoms with Gasteiger partial charge in [0, 0.05) is 11.8 Å². The average molecular weight is 478 g/mol. The molecule has 2 rings (SSSR count). The lowest BCUT2D eigenvalue weighted by molar-refractivity contribution is -0.393. The van der Waals surface area contributed by atoms with E-state index in [0.29, 0.717) is 12.1 Å². The maximum absolute atomic E-state index is 13.4. The van der Waals surface area contributed by atoms with Crippen LogP contribution in [0.2, 0.25) is 5.02 Å². The third-order valence-electron chi connectivity index (χ3n) is 3.54. The summed E-state index contributed by atoms with van der Waals surface area (Å²) in [5, 5.41) is 23.0. The van der Waals surface area contributed by atoms with Crippen LogP contribution in [0.1, 0.15) is 5.56 Å². The van der Waals surface area contributed by atoms with Gasteiger partial charge in [0.15, 0.2) is 5.02 Å². The van der Waals surface area contributed by atoms with E-state index in [1.165, 1.54) is 0 Å². The number of ether oxygens (including phenoxy) is 1. The summed E-state index contributed by atoms with van der Waals surface area (Å²) in [6.45, 7) is 0. The van der Waals surface area contributed by atoms with Crippen LogP contribution in [-0.2, 0) is 6.18 Å². The number of anilines is 2. The van der Waals surface area contributed by atoms with E-state index in [0.717, 1.165) is 12.1 Å². The third kappa shape index (κ3) is 5.22. The lowest BCUT2D eigenvalue weighted by atomic mass is 10.1. The van der Waals surface area contributed by atoms with Gasteiger partial charge >= 0.3 is 24.4 Å². The summed E-state index contributed by atoms with van der Waals surface area (Å²) in [5.41, 5.74) is -6.28. The van der Waals surface area contributed by atoms with Crippen LogP contribution in [0.5, 0.6) is 5.75 Å². The first-order valence-electron chi connectivity index (χ1n) is 7.59. The van der Waals surface area contributed by atoms with Crippen molar-refractivity contribution < 1.29 is 45.3 Å². The molecule has 168 valence electrons. The molecule has 0 heterocycles. The quantitative estimate of drug-likeness (QED) is 0.291. The molecule has 0 bridgehead atoms. The first-order valence-corrected chi connectivity index (χ1v) is 7.97. The highest BCUT2D eigenvalue weighted by atomic mass is 35.5. The van der Waals surface area contributed by atoms with E-state index in [1.807, 2.05) is 5.32 Å². The molecule has 2 aromatic rings. The van der Waals surface area contributed by atoms with Gasteiger partial charge in [-0.3, -0.25) is 20.2 Å². The zero-order valence-electron chi connectivity index (χ0n) is 14.4. The normalized spacial score (nSPS) is 12.0. The first-order chi connectivity index (χ1) is 14.1. The summed E-state index contributed by atoms with van der Waals surface area (Å²) in [5.74, 6) is -0.789. The van der Waals surface area contributed by atoms with Gasteiger partial charge in [0.1, 0.15) is 11.4 Å². The van der Waals surface area contributed by atoms with Gasteiger partial charge in [-0.25, -0.2) is 0 Å². The Kier molecular flexibility index (Phi) is 6.49. The van der Waals surface area contributed by atoms with Gasteiger partial charge < -0.3 is 10.1 Å². The van der Waals surface area contributed by atoms with Crippen molar-refractivity contribution in [1.82, 2.24) is 0 Å². The second-order valence-corrected chi connectivity index (χ2v) is 5.98. The number of nitro groups is 2. The zero-order valence-corrected chi connectivity index (χ0v) is 15.2. The summed E-state index contributed by atoms with van der Waals surface area (Å²) < 4.78 is 94.0. The minimum atomic E-state index is -5.30. The lowest BCUT2D eigenvalue weighted by Crippen LogP contribution is -2.33. The highest BCUT2D eigenvalue weighted by Gasteiger charge is 2.44. The molecule has 2 aromatic carbocycles. The van der Waals surface area contributed by atoms with Crippen LogP contribution < -0.4 is 10.1 Å². The number of hydrogen-bond donors (Lipinski definition) is 1. The molecule has 16 heteroatoms. The Morgan fingerprint density at radius 2 is 1.55 bits per heavy atom. The second kappa shape index (κ2) is 8.41. The van der Waals surface area contributed by atoms with E-state index in [1.54, 1.807) is 0 Å². The highest BCUT2D eigenvalue weighted by Crippen LogP contribution is 2.48. The van der Waals surface area contributed by atoms with E-state index in [4.69, 9.17) is 11.6 Å². The number of benzene rings is 2. The molecule has 31 heavy (non-hydrogen) atoms. The van der Waals surface area contributed by atoms with Crippen molar-refractivity contribution in [1.29, 1.82) is 0 Å². The second-order valence-electron chi connectivity index (χ2n) is 5.61. The van der Waals surface area contributed by atoms with Gasteiger partial charge in [0.2, 0.25) is 0 Å². The SMILES string of the molecule is O=[N+]([O-])c1cc(C(F)(F)F)c(Nc2ccc(OC(F)(F)C(F)F)cc2)c([N+](=O)[O-])c1Cl. The van der Waals surface area contributed by atoms with E-state index in [9.17, 15) is 51.0 Å². The summed E-state index contributed by atoms with van der Waals surface area (Å²) in [7, 11) is 0. The molecule has 0 aliphatic rings. The molecule has 0 spiro atoms. The lowest BCUT2D eigenvalue weighted by Gasteiger charge is -2.18. The number of halogens is 8. The monoisotopic (exact) mass is 477 g/mol. The molecular weight excluding hydrogens is 471 g/mol. The third-order valence-corrected chi connectivity index (χ3v) is 3.91. The summed E-state index contributed by atoms with van der Waals surface area (Å²) in [6.07, 6.45) is -14.3. The summed E-state index contributed by atoms with van der Waals surface area (Å²) >= 11 is 5.55. The van der Waals surface area contributed by atoms with Crippen molar-refractivity contribution in [2.75, 3.05) is 5.32 Å². The smallest absolute Gasteiger partial charge is 0.428 e. The van der Waals surface area contributed by atoms with Gasteiger partial charge in [-0.1, -0.05) is 11.6 Å². The predicted octanol–water partition coefficient (Wildman–Crippen LogP) is 6.16. The van der Waals surface area contributed by atoms with Crippen LogP contribution in [0.15, 0.2) is 30.3 Å². The van der Waals surface area contributed by atoms with Gasteiger partial charge in [-0.2, -0.15) is 30.7 Å². The van der Waals surface area contributed by atoms with Crippen LogP contribution >= 0.6 is 11.6 Å². The summed E-state index contributed by atoms with van der Waals surface area (Å²) in [6, 6.07) is 2.90. The Hall–Kier alpha value is -3.36. The van der Waals surface area contributed by atoms with Crippen LogP contribution in [0.4, 0.5) is 53.5 Å². The fraction of sp³-hybridized carbons (Fsp3) is 0.200. The minimum absolute atomic E-state index is 0.0155. The zero-order chi connectivity index (χ0) is 23.7. The minimum Gasteiger partial charge on any atom is -0.428 e. The first kappa shape index (κ1) is 23.9. The standard InChI is InChI=1S/C15H7ClF7N3O5/c16-10-9(25(27)28)5-8(14(19,20)21)11(12(10)26(29)30)24-6-1-3-7(4-2-6)31-15(22,23)13(17)18/h1-5,13,24H. The maximum atomic E-state index is 13.4. The number of nitro benzene ring substituents is 2. The van der Waals surface area contributed by atoms with Gasteiger partial charge in [0.05, 0.1) is 15.4 Å². The Morgan fingerprint density at radius 1 is 1.00 bits per heavy atom. The Morgan fingerprint density at radius 3 is 1.97 bits per heavy atom. The summed E-state index contributed by atoms with van der Waals surface area (Å²) in [4.78, 5) is 19.5. The van der Waals surface area contributed by atoms with E-state index in [2.05, 4.69) is 4.74 Å². The molecule has 0 aliphatic heterocycles. The number of alkyl halides is 7. The molecule has 1 N–H and O–H groups in total. The van der Waals surface area contributed by atoms with Crippen molar-refractivity contribution in [2.45, 2.75) is 18.7 Å². The molecule has 0 atom stereocenters. The van der Waals surface area contributed by atoms with Crippen LogP contribution in [0.25, 0.3) is 0 Å². The van der Waals surface area contributed by atoms with Gasteiger partial charge in [-0.15, -0.1) is 0 Å². The van der Waals surface area contributed by atoms with Crippen molar-refractivity contribution in [3.8, 4) is 5.75 Å².